The Bertz CT molecular complexity index is 496. The third-order valence-electron chi connectivity index (χ3n) is 3.44. The Morgan fingerprint density at radius 3 is 2.65 bits per heavy atom. The van der Waals surface area contributed by atoms with Crippen LogP contribution in [0.2, 0.25) is 0 Å². The number of aryl methyl sites for hydroxylation is 1. The molecule has 0 spiro atoms. The lowest BCUT2D eigenvalue weighted by atomic mass is 9.78. The minimum absolute atomic E-state index is 0.368. The molecule has 0 bridgehead atoms. The van der Waals surface area contributed by atoms with E-state index in [4.69, 9.17) is 11.3 Å². The standard InChI is InChI=1S/C14H15NO2/c1-9-7-12(10-5-4-6-10)13(15-2)8-11(9)14(16)17-3/h7-8,10H,4-6H2,1,3H3. The van der Waals surface area contributed by atoms with Crippen molar-refractivity contribution in [2.24, 2.45) is 0 Å². The molecule has 0 N–H and O–H groups in total. The molecule has 0 unspecified atom stereocenters. The van der Waals surface area contributed by atoms with Crippen LogP contribution in [0, 0.1) is 13.5 Å². The minimum atomic E-state index is -0.368. The lowest BCUT2D eigenvalue weighted by Crippen LogP contribution is -2.11. The van der Waals surface area contributed by atoms with Crippen molar-refractivity contribution in [3.8, 4) is 0 Å². The van der Waals surface area contributed by atoms with E-state index in [0.29, 0.717) is 17.2 Å². The molecule has 0 heterocycles. The van der Waals surface area contributed by atoms with Gasteiger partial charge >= 0.3 is 5.97 Å². The molecule has 0 atom stereocenters. The van der Waals surface area contributed by atoms with Gasteiger partial charge in [0.1, 0.15) is 0 Å². The smallest absolute Gasteiger partial charge is 0.336 e. The van der Waals surface area contributed by atoms with E-state index in [9.17, 15) is 4.79 Å². The SMILES string of the molecule is [C-]#[N+]c1cc(C(=O)OC)c(C)cc1C1CCC1. The maximum absolute atomic E-state index is 11.5. The van der Waals surface area contributed by atoms with Crippen molar-refractivity contribution in [3.05, 3.63) is 40.2 Å². The van der Waals surface area contributed by atoms with E-state index in [2.05, 4.69) is 4.85 Å². The van der Waals surface area contributed by atoms with Gasteiger partial charge in [-0.25, -0.2) is 9.64 Å². The zero-order valence-electron chi connectivity index (χ0n) is 10.1. The lowest BCUT2D eigenvalue weighted by Gasteiger charge is -2.27. The fraction of sp³-hybridized carbons (Fsp3) is 0.429. The summed E-state index contributed by atoms with van der Waals surface area (Å²) < 4.78 is 4.72. The van der Waals surface area contributed by atoms with Crippen LogP contribution in [-0.2, 0) is 4.74 Å². The number of methoxy groups -OCH3 is 1. The molecule has 88 valence electrons. The van der Waals surface area contributed by atoms with Crippen LogP contribution < -0.4 is 0 Å². The zero-order valence-corrected chi connectivity index (χ0v) is 10.1. The van der Waals surface area contributed by atoms with Crippen molar-refractivity contribution in [2.45, 2.75) is 32.1 Å². The summed E-state index contributed by atoms with van der Waals surface area (Å²) >= 11 is 0. The molecule has 0 amide bonds. The van der Waals surface area contributed by atoms with Gasteiger partial charge in [0.2, 0.25) is 0 Å². The fourth-order valence-electron chi connectivity index (χ4n) is 2.19. The molecule has 1 fully saturated rings. The van der Waals surface area contributed by atoms with E-state index >= 15 is 0 Å². The normalized spacial score (nSPS) is 14.9. The lowest BCUT2D eigenvalue weighted by molar-refractivity contribution is 0.0600. The predicted molar refractivity (Wildman–Crippen MR) is 65.4 cm³/mol. The Morgan fingerprint density at radius 2 is 2.18 bits per heavy atom. The van der Waals surface area contributed by atoms with Crippen LogP contribution >= 0.6 is 0 Å². The molecule has 1 aliphatic carbocycles. The first-order chi connectivity index (χ1) is 8.17. The summed E-state index contributed by atoms with van der Waals surface area (Å²) in [6.45, 7) is 9.11. The maximum atomic E-state index is 11.5. The van der Waals surface area contributed by atoms with Gasteiger partial charge in [0.25, 0.3) is 0 Å². The third kappa shape index (κ3) is 2.03. The number of esters is 1. The van der Waals surface area contributed by atoms with Crippen LogP contribution in [0.3, 0.4) is 0 Å². The van der Waals surface area contributed by atoms with Gasteiger partial charge in [0.05, 0.1) is 19.2 Å². The second-order valence-electron chi connectivity index (χ2n) is 4.46. The van der Waals surface area contributed by atoms with Gasteiger partial charge < -0.3 is 4.74 Å². The number of carbonyl (C=O) groups is 1. The molecule has 0 aliphatic heterocycles. The molecule has 1 saturated carbocycles. The van der Waals surface area contributed by atoms with Crippen LogP contribution in [0.1, 0.15) is 46.7 Å². The van der Waals surface area contributed by atoms with Crippen LogP contribution in [0.4, 0.5) is 5.69 Å². The van der Waals surface area contributed by atoms with Crippen LogP contribution in [0.5, 0.6) is 0 Å². The number of carbonyl (C=O) groups excluding carboxylic acids is 1. The van der Waals surface area contributed by atoms with Gasteiger partial charge in [-0.1, -0.05) is 12.5 Å². The van der Waals surface area contributed by atoms with Gasteiger partial charge in [-0.2, -0.15) is 0 Å². The molecule has 1 aliphatic rings. The Morgan fingerprint density at radius 1 is 1.47 bits per heavy atom. The number of nitrogens with zero attached hydrogens (tertiary/aromatic N) is 1. The van der Waals surface area contributed by atoms with E-state index in [0.717, 1.165) is 24.0 Å². The molecule has 2 rings (SSSR count). The molecule has 1 aromatic carbocycles. The van der Waals surface area contributed by atoms with Crippen molar-refractivity contribution < 1.29 is 9.53 Å². The zero-order chi connectivity index (χ0) is 12.4. The molecule has 1 aromatic rings. The number of ether oxygens (including phenoxy) is 1. The summed E-state index contributed by atoms with van der Waals surface area (Å²) in [5.41, 5.74) is 3.09. The maximum Gasteiger partial charge on any atom is 0.336 e. The van der Waals surface area contributed by atoms with Crippen molar-refractivity contribution in [3.63, 3.8) is 0 Å². The highest BCUT2D eigenvalue weighted by molar-refractivity contribution is 5.92. The number of hydrogen-bond donors (Lipinski definition) is 0. The van der Waals surface area contributed by atoms with Crippen LogP contribution in [0.15, 0.2) is 12.1 Å². The summed E-state index contributed by atoms with van der Waals surface area (Å²) in [5.74, 6) is 0.136. The average Bonchev–Trinajstić information content (AvgIpc) is 2.26. The van der Waals surface area contributed by atoms with E-state index in [1.807, 2.05) is 13.0 Å². The summed E-state index contributed by atoms with van der Waals surface area (Å²) in [6, 6.07) is 3.64. The summed E-state index contributed by atoms with van der Waals surface area (Å²) in [4.78, 5) is 15.1. The Labute approximate surface area is 101 Å². The van der Waals surface area contributed by atoms with Gasteiger partial charge in [-0.05, 0) is 42.9 Å². The quantitative estimate of drug-likeness (QED) is 0.573. The van der Waals surface area contributed by atoms with Crippen molar-refractivity contribution >= 4 is 11.7 Å². The second-order valence-corrected chi connectivity index (χ2v) is 4.46. The molecule has 3 nitrogen and oxygen atoms in total. The van der Waals surface area contributed by atoms with Gasteiger partial charge in [-0.15, -0.1) is 0 Å². The van der Waals surface area contributed by atoms with E-state index in [-0.39, 0.29) is 5.97 Å². The van der Waals surface area contributed by atoms with Crippen molar-refractivity contribution in [2.75, 3.05) is 7.11 Å². The van der Waals surface area contributed by atoms with Gasteiger partial charge in [-0.3, -0.25) is 0 Å². The molecular formula is C14H15NO2. The summed E-state index contributed by atoms with van der Waals surface area (Å²) in [7, 11) is 1.36. The van der Waals surface area contributed by atoms with Gasteiger partial charge in [0.15, 0.2) is 5.69 Å². The predicted octanol–water partition coefficient (Wildman–Crippen LogP) is 3.60. The van der Waals surface area contributed by atoms with Crippen molar-refractivity contribution in [1.82, 2.24) is 0 Å². The first-order valence-electron chi connectivity index (χ1n) is 5.77. The second kappa shape index (κ2) is 4.58. The topological polar surface area (TPSA) is 30.7 Å². The highest BCUT2D eigenvalue weighted by atomic mass is 16.5. The van der Waals surface area contributed by atoms with Gasteiger partial charge in [0, 0.05) is 0 Å². The first kappa shape index (κ1) is 11.7. The molecular weight excluding hydrogens is 214 g/mol. The summed E-state index contributed by atoms with van der Waals surface area (Å²) in [5, 5.41) is 0. The van der Waals surface area contributed by atoms with Crippen molar-refractivity contribution in [1.29, 1.82) is 0 Å². The largest absolute Gasteiger partial charge is 0.465 e. The Balaban J connectivity index is 2.47. The fourth-order valence-corrected chi connectivity index (χ4v) is 2.19. The number of hydrogen-bond acceptors (Lipinski definition) is 2. The van der Waals surface area contributed by atoms with E-state index < -0.39 is 0 Å². The highest BCUT2D eigenvalue weighted by Gasteiger charge is 2.24. The molecule has 0 aromatic heterocycles. The van der Waals surface area contributed by atoms with Crippen LogP contribution in [0.25, 0.3) is 4.85 Å². The number of rotatable bonds is 2. The minimum Gasteiger partial charge on any atom is -0.465 e. The Kier molecular flexibility index (Phi) is 3.14. The van der Waals surface area contributed by atoms with E-state index in [1.165, 1.54) is 13.5 Å². The molecule has 0 radical (unpaired) electrons. The molecule has 3 heteroatoms. The monoisotopic (exact) mass is 229 g/mol. The van der Waals surface area contributed by atoms with Crippen LogP contribution in [-0.4, -0.2) is 13.1 Å². The van der Waals surface area contributed by atoms with E-state index in [1.54, 1.807) is 6.07 Å². The average molecular weight is 229 g/mol. The third-order valence-corrected chi connectivity index (χ3v) is 3.44. The first-order valence-corrected chi connectivity index (χ1v) is 5.77. The summed E-state index contributed by atoms with van der Waals surface area (Å²) in [6.07, 6.45) is 3.54. The Hall–Kier alpha value is -1.82. The molecule has 0 saturated heterocycles. The number of benzene rings is 1. The highest BCUT2D eigenvalue weighted by Crippen LogP contribution is 2.42. The molecule has 17 heavy (non-hydrogen) atoms.